The van der Waals surface area contributed by atoms with Crippen molar-refractivity contribution >= 4 is 11.7 Å². The minimum Gasteiger partial charge on any atom is -0.463 e. The quantitative estimate of drug-likeness (QED) is 0.215. The molecule has 0 fully saturated rings. The van der Waals surface area contributed by atoms with Crippen molar-refractivity contribution in [3.63, 3.8) is 0 Å². The van der Waals surface area contributed by atoms with E-state index < -0.39 is 5.54 Å². The number of hydrogen-bond acceptors (Lipinski definition) is 5. The number of pyridine rings is 1. The van der Waals surface area contributed by atoms with Gasteiger partial charge >= 0.3 is 5.97 Å². The summed E-state index contributed by atoms with van der Waals surface area (Å²) in [6.07, 6.45) is 6.23. The van der Waals surface area contributed by atoms with E-state index in [0.717, 1.165) is 44.9 Å². The van der Waals surface area contributed by atoms with Gasteiger partial charge in [0.2, 0.25) is 0 Å². The molecule has 0 spiro atoms. The van der Waals surface area contributed by atoms with E-state index in [1.165, 1.54) is 0 Å². The van der Waals surface area contributed by atoms with Crippen LogP contribution >= 0.6 is 0 Å². The molecule has 40 heavy (non-hydrogen) atoms. The second-order valence-corrected chi connectivity index (χ2v) is 9.94. The normalized spacial score (nSPS) is 14.7. The first kappa shape index (κ1) is 25.4. The second-order valence-electron chi connectivity index (χ2n) is 9.94. The summed E-state index contributed by atoms with van der Waals surface area (Å²) in [5.41, 5.74) is 12.1. The molecule has 3 aromatic carbocycles. The van der Waals surface area contributed by atoms with Crippen LogP contribution in [0.1, 0.15) is 41.3 Å². The largest absolute Gasteiger partial charge is 0.463 e. The van der Waals surface area contributed by atoms with Gasteiger partial charge in [0.05, 0.1) is 18.0 Å². The SMILES string of the molecule is CCOC(=O)C1=CC=C2C(=C(c3ccnc(C)c3)NN2C(c2ccccc2)(c2ccccc2)c2ccccc2)C1. The third-order valence-electron chi connectivity index (χ3n) is 7.52. The molecule has 0 unspecified atom stereocenters. The molecule has 1 aliphatic heterocycles. The van der Waals surface area contributed by atoms with Crippen molar-refractivity contribution in [2.24, 2.45) is 0 Å². The first-order chi connectivity index (χ1) is 19.6. The number of nitrogens with zero attached hydrogens (tertiary/aromatic N) is 2. The highest BCUT2D eigenvalue weighted by molar-refractivity contribution is 5.92. The lowest BCUT2D eigenvalue weighted by molar-refractivity contribution is -0.138. The van der Waals surface area contributed by atoms with Gasteiger partial charge < -0.3 is 4.74 Å². The average Bonchev–Trinajstić information content (AvgIpc) is 3.39. The van der Waals surface area contributed by atoms with E-state index in [0.29, 0.717) is 18.6 Å². The van der Waals surface area contributed by atoms with E-state index in [-0.39, 0.29) is 5.97 Å². The van der Waals surface area contributed by atoms with Gasteiger partial charge in [0.1, 0.15) is 5.54 Å². The molecular weight excluding hydrogens is 494 g/mol. The number of ether oxygens (including phenoxy) is 1. The predicted molar refractivity (Wildman–Crippen MR) is 157 cm³/mol. The van der Waals surface area contributed by atoms with Gasteiger partial charge in [0, 0.05) is 35.0 Å². The topological polar surface area (TPSA) is 54.5 Å². The Hall–Kier alpha value is -4.90. The number of nitrogens with one attached hydrogen (secondary N) is 1. The number of allylic oxidation sites excluding steroid dienone is 3. The summed E-state index contributed by atoms with van der Waals surface area (Å²) in [4.78, 5) is 17.3. The fourth-order valence-electron chi connectivity index (χ4n) is 5.78. The Bertz CT molecular complexity index is 1530. The van der Waals surface area contributed by atoms with Crippen LogP contribution in [0.2, 0.25) is 0 Å². The maximum absolute atomic E-state index is 12.8. The van der Waals surface area contributed by atoms with Crippen molar-refractivity contribution in [2.45, 2.75) is 25.8 Å². The van der Waals surface area contributed by atoms with Crippen LogP contribution in [0, 0.1) is 6.92 Å². The van der Waals surface area contributed by atoms with Crippen LogP contribution in [0.15, 0.2) is 138 Å². The highest BCUT2D eigenvalue weighted by atomic mass is 16.5. The van der Waals surface area contributed by atoms with Crippen LogP contribution in [0.5, 0.6) is 0 Å². The zero-order chi connectivity index (χ0) is 27.5. The Morgan fingerprint density at radius 1 is 0.875 bits per heavy atom. The molecule has 1 aromatic heterocycles. The van der Waals surface area contributed by atoms with E-state index in [1.54, 1.807) is 0 Å². The van der Waals surface area contributed by atoms with Crippen molar-refractivity contribution in [2.75, 3.05) is 6.61 Å². The van der Waals surface area contributed by atoms with Gasteiger partial charge in [-0.05, 0) is 54.8 Å². The van der Waals surface area contributed by atoms with Crippen molar-refractivity contribution < 1.29 is 9.53 Å². The van der Waals surface area contributed by atoms with Crippen molar-refractivity contribution in [1.29, 1.82) is 0 Å². The molecule has 6 rings (SSSR count). The highest BCUT2D eigenvalue weighted by Gasteiger charge is 2.48. The monoisotopic (exact) mass is 525 g/mol. The molecule has 0 saturated carbocycles. The van der Waals surface area contributed by atoms with Gasteiger partial charge in [-0.25, -0.2) is 4.79 Å². The Labute approximate surface area is 235 Å². The number of aromatic nitrogens is 1. The maximum atomic E-state index is 12.8. The molecule has 5 nitrogen and oxygen atoms in total. The van der Waals surface area contributed by atoms with Crippen LogP contribution in [0.3, 0.4) is 0 Å². The number of esters is 1. The van der Waals surface area contributed by atoms with E-state index in [1.807, 2.05) is 56.5 Å². The van der Waals surface area contributed by atoms with Gasteiger partial charge in [-0.2, -0.15) is 0 Å². The summed E-state index contributed by atoms with van der Waals surface area (Å²) >= 11 is 0. The first-order valence-electron chi connectivity index (χ1n) is 13.6. The number of carbonyl (C=O) groups is 1. The van der Waals surface area contributed by atoms with Gasteiger partial charge in [-0.3, -0.25) is 15.4 Å². The number of benzene rings is 3. The fourth-order valence-corrected chi connectivity index (χ4v) is 5.78. The molecule has 4 aromatic rings. The number of hydrazine groups is 1. The third-order valence-corrected chi connectivity index (χ3v) is 7.52. The number of rotatable bonds is 7. The molecule has 0 saturated heterocycles. The molecule has 2 aliphatic rings. The molecule has 0 bridgehead atoms. The number of fused-ring (bicyclic) bond motifs is 1. The lowest BCUT2D eigenvalue weighted by atomic mass is 9.75. The van der Waals surface area contributed by atoms with Gasteiger partial charge in [-0.1, -0.05) is 91.0 Å². The predicted octanol–water partition coefficient (Wildman–Crippen LogP) is 6.69. The number of carbonyl (C=O) groups excluding carboxylic acids is 1. The maximum Gasteiger partial charge on any atom is 0.334 e. The molecule has 0 radical (unpaired) electrons. The summed E-state index contributed by atoms with van der Waals surface area (Å²) in [5, 5.41) is 2.27. The Kier molecular flexibility index (Phi) is 6.79. The van der Waals surface area contributed by atoms with Crippen molar-refractivity contribution in [1.82, 2.24) is 15.4 Å². The first-order valence-corrected chi connectivity index (χ1v) is 13.6. The fraction of sp³-hybridized carbons (Fsp3) is 0.143. The zero-order valence-corrected chi connectivity index (χ0v) is 22.7. The van der Waals surface area contributed by atoms with E-state index in [4.69, 9.17) is 4.74 Å². The molecule has 0 amide bonds. The molecule has 198 valence electrons. The molecule has 2 heterocycles. The van der Waals surface area contributed by atoms with Crippen LogP contribution in [0.4, 0.5) is 0 Å². The average molecular weight is 526 g/mol. The summed E-state index contributed by atoms with van der Waals surface area (Å²) in [6.45, 7) is 4.16. The molecular formula is C35H31N3O2. The van der Waals surface area contributed by atoms with Gasteiger partial charge in [0.15, 0.2) is 0 Å². The van der Waals surface area contributed by atoms with E-state index in [9.17, 15) is 4.79 Å². The Morgan fingerprint density at radius 3 is 1.98 bits per heavy atom. The minimum atomic E-state index is -0.722. The van der Waals surface area contributed by atoms with Crippen molar-refractivity contribution in [3.05, 3.63) is 166 Å². The van der Waals surface area contributed by atoms with Gasteiger partial charge in [0.25, 0.3) is 0 Å². The molecule has 5 heteroatoms. The van der Waals surface area contributed by atoms with Crippen LogP contribution in [-0.4, -0.2) is 22.6 Å². The second kappa shape index (κ2) is 10.7. The lowest BCUT2D eigenvalue weighted by Crippen LogP contribution is -2.51. The zero-order valence-electron chi connectivity index (χ0n) is 22.7. The van der Waals surface area contributed by atoms with Crippen molar-refractivity contribution in [3.8, 4) is 0 Å². The van der Waals surface area contributed by atoms with Crippen LogP contribution in [-0.2, 0) is 15.1 Å². The van der Waals surface area contributed by atoms with Crippen LogP contribution < -0.4 is 5.43 Å². The summed E-state index contributed by atoms with van der Waals surface area (Å²) in [6, 6.07) is 35.8. The van der Waals surface area contributed by atoms with E-state index >= 15 is 0 Å². The summed E-state index contributed by atoms with van der Waals surface area (Å²) in [7, 11) is 0. The summed E-state index contributed by atoms with van der Waals surface area (Å²) in [5.74, 6) is -0.283. The summed E-state index contributed by atoms with van der Waals surface area (Å²) < 4.78 is 5.39. The van der Waals surface area contributed by atoms with Gasteiger partial charge in [-0.15, -0.1) is 0 Å². The molecule has 0 atom stereocenters. The number of aryl methyl sites for hydroxylation is 1. The minimum absolute atomic E-state index is 0.283. The Balaban J connectivity index is 1.63. The smallest absolute Gasteiger partial charge is 0.334 e. The standard InChI is InChI=1S/C35H31N3O2/c1-3-40-34(39)27-19-20-32-31(24-27)33(26-21-22-36-25(2)23-26)37-38(32)35(28-13-7-4-8-14-28,29-15-9-5-10-16-29)30-17-11-6-12-18-30/h4-23,37H,3,24H2,1-2H3. The van der Waals surface area contributed by atoms with E-state index in [2.05, 4.69) is 94.3 Å². The molecule has 1 aliphatic carbocycles. The van der Waals surface area contributed by atoms with Crippen LogP contribution in [0.25, 0.3) is 5.70 Å². The number of hydrogen-bond donors (Lipinski definition) is 1. The lowest BCUT2D eigenvalue weighted by Gasteiger charge is -2.45. The Morgan fingerprint density at radius 2 is 1.45 bits per heavy atom. The molecule has 1 N–H and O–H groups in total. The highest BCUT2D eigenvalue weighted by Crippen LogP contribution is 2.49. The third kappa shape index (κ3) is 4.30.